The molecule has 0 fully saturated rings. The average molecular weight is 581 g/mol. The standard InChI is InChI=1S/C38H24BN3O3/c43-39-45-33-19-9-17-29-35-37(44-36(29)33)34(24-11-2-1-3-12-24)40-38(41-35)42-31-18-7-6-15-28(31)30-22-25(20-21-32(30)42)27-16-8-13-23-10-4-5-14-26(23)27/h1-22,39,43H. The highest BCUT2D eigenvalue weighted by molar-refractivity contribution is 6.18. The van der Waals surface area contributed by atoms with Crippen LogP contribution in [0.5, 0.6) is 5.75 Å². The lowest BCUT2D eigenvalue weighted by Crippen LogP contribution is -2.02. The zero-order valence-corrected chi connectivity index (χ0v) is 24.0. The third-order valence-corrected chi connectivity index (χ3v) is 8.53. The Morgan fingerprint density at radius 2 is 1.33 bits per heavy atom. The number of para-hydroxylation sites is 2. The molecule has 0 aliphatic carbocycles. The summed E-state index contributed by atoms with van der Waals surface area (Å²) in [6.45, 7) is 0. The molecule has 0 amide bonds. The van der Waals surface area contributed by atoms with Crippen LogP contribution in [0.2, 0.25) is 0 Å². The lowest BCUT2D eigenvalue weighted by Gasteiger charge is -2.10. The van der Waals surface area contributed by atoms with Gasteiger partial charge in [-0.15, -0.1) is 0 Å². The van der Waals surface area contributed by atoms with E-state index in [0.717, 1.165) is 38.3 Å². The highest BCUT2D eigenvalue weighted by Gasteiger charge is 2.22. The monoisotopic (exact) mass is 581 g/mol. The molecule has 3 aromatic heterocycles. The second kappa shape index (κ2) is 10.1. The Balaban J connectivity index is 1.35. The molecule has 0 aliphatic heterocycles. The Hall–Kier alpha value is -5.92. The first-order chi connectivity index (χ1) is 22.3. The fourth-order valence-electron chi connectivity index (χ4n) is 6.54. The van der Waals surface area contributed by atoms with Gasteiger partial charge in [-0.2, -0.15) is 0 Å². The molecular formula is C38H24BN3O3. The molecular weight excluding hydrogens is 557 g/mol. The summed E-state index contributed by atoms with van der Waals surface area (Å²) in [5, 5.41) is 15.0. The average Bonchev–Trinajstić information content (AvgIpc) is 3.64. The molecule has 0 saturated heterocycles. The number of aromatic nitrogens is 3. The van der Waals surface area contributed by atoms with E-state index < -0.39 is 7.69 Å². The van der Waals surface area contributed by atoms with Crippen LogP contribution in [0.15, 0.2) is 138 Å². The topological polar surface area (TPSA) is 73.3 Å². The van der Waals surface area contributed by atoms with Gasteiger partial charge in [0.25, 0.3) is 0 Å². The smallest absolute Gasteiger partial charge is 0.504 e. The lowest BCUT2D eigenvalue weighted by molar-refractivity contribution is 0.451. The predicted molar refractivity (Wildman–Crippen MR) is 182 cm³/mol. The first kappa shape index (κ1) is 25.6. The van der Waals surface area contributed by atoms with Gasteiger partial charge >= 0.3 is 7.69 Å². The summed E-state index contributed by atoms with van der Waals surface area (Å²) in [4.78, 5) is 10.3. The third kappa shape index (κ3) is 3.95. The highest BCUT2D eigenvalue weighted by Crippen LogP contribution is 2.40. The molecule has 3 heterocycles. The first-order valence-electron chi connectivity index (χ1n) is 14.8. The molecule has 0 radical (unpaired) electrons. The van der Waals surface area contributed by atoms with Crippen LogP contribution < -0.4 is 4.65 Å². The predicted octanol–water partition coefficient (Wildman–Crippen LogP) is 8.60. The highest BCUT2D eigenvalue weighted by atomic mass is 16.5. The molecule has 0 saturated carbocycles. The summed E-state index contributed by atoms with van der Waals surface area (Å²) < 4.78 is 14.0. The number of rotatable bonds is 5. The summed E-state index contributed by atoms with van der Waals surface area (Å²) in [6.07, 6.45) is 0. The Kier molecular flexibility index (Phi) is 5.73. The van der Waals surface area contributed by atoms with Crippen LogP contribution >= 0.6 is 0 Å². The van der Waals surface area contributed by atoms with Crippen molar-refractivity contribution in [3.05, 3.63) is 133 Å². The fraction of sp³-hybridized carbons (Fsp3) is 0. The maximum absolute atomic E-state index is 9.51. The Labute approximate surface area is 258 Å². The van der Waals surface area contributed by atoms with Crippen molar-refractivity contribution in [1.82, 2.24) is 14.5 Å². The normalized spacial score (nSPS) is 11.7. The number of hydrogen-bond donors (Lipinski definition) is 1. The van der Waals surface area contributed by atoms with E-state index in [1.807, 2.05) is 48.5 Å². The molecule has 0 bridgehead atoms. The van der Waals surface area contributed by atoms with Gasteiger partial charge in [-0.3, -0.25) is 4.57 Å². The van der Waals surface area contributed by atoms with Gasteiger partial charge in [-0.25, -0.2) is 9.97 Å². The van der Waals surface area contributed by atoms with Gasteiger partial charge < -0.3 is 14.1 Å². The van der Waals surface area contributed by atoms with Gasteiger partial charge in [-0.1, -0.05) is 103 Å². The van der Waals surface area contributed by atoms with Crippen LogP contribution in [-0.4, -0.2) is 27.2 Å². The SMILES string of the molecule is OBOc1cccc2c1oc1c(-c3ccccc3)nc(-n3c4ccccc4c4cc(-c5cccc6ccccc56)ccc43)nc12. The number of nitrogens with zero attached hydrogens (tertiary/aromatic N) is 3. The van der Waals surface area contributed by atoms with E-state index in [2.05, 4.69) is 83.4 Å². The van der Waals surface area contributed by atoms with Crippen LogP contribution in [0.4, 0.5) is 0 Å². The fourth-order valence-corrected chi connectivity index (χ4v) is 6.54. The minimum absolute atomic E-state index is 0.450. The minimum atomic E-state index is -0.458. The lowest BCUT2D eigenvalue weighted by atomic mass is 9.97. The molecule has 6 nitrogen and oxygen atoms in total. The summed E-state index contributed by atoms with van der Waals surface area (Å²) in [6, 6.07) is 45.6. The maximum atomic E-state index is 9.51. The molecule has 7 heteroatoms. The molecule has 0 atom stereocenters. The Bertz CT molecular complexity index is 2570. The molecule has 45 heavy (non-hydrogen) atoms. The number of fused-ring (bicyclic) bond motifs is 7. The zero-order valence-electron chi connectivity index (χ0n) is 24.0. The summed E-state index contributed by atoms with van der Waals surface area (Å²) >= 11 is 0. The van der Waals surface area contributed by atoms with Crippen molar-refractivity contribution >= 4 is 62.3 Å². The van der Waals surface area contributed by atoms with E-state index in [-0.39, 0.29) is 0 Å². The van der Waals surface area contributed by atoms with E-state index in [4.69, 9.17) is 19.0 Å². The maximum Gasteiger partial charge on any atom is 0.504 e. The van der Waals surface area contributed by atoms with E-state index in [0.29, 0.717) is 34.1 Å². The first-order valence-corrected chi connectivity index (χ1v) is 14.8. The van der Waals surface area contributed by atoms with E-state index >= 15 is 0 Å². The number of hydrogen-bond acceptors (Lipinski definition) is 5. The largest absolute Gasteiger partial charge is 0.536 e. The molecule has 0 spiro atoms. The Morgan fingerprint density at radius 3 is 2.22 bits per heavy atom. The third-order valence-electron chi connectivity index (χ3n) is 8.53. The van der Waals surface area contributed by atoms with Crippen LogP contribution in [0.3, 0.4) is 0 Å². The molecule has 212 valence electrons. The van der Waals surface area contributed by atoms with Gasteiger partial charge in [0, 0.05) is 16.3 Å². The molecule has 9 rings (SSSR count). The molecule has 0 unspecified atom stereocenters. The van der Waals surface area contributed by atoms with Gasteiger partial charge in [0.15, 0.2) is 11.2 Å². The van der Waals surface area contributed by atoms with Crippen molar-refractivity contribution < 1.29 is 14.1 Å². The number of furan rings is 1. The van der Waals surface area contributed by atoms with E-state index in [1.165, 1.54) is 16.3 Å². The van der Waals surface area contributed by atoms with Crippen molar-refractivity contribution in [2.75, 3.05) is 0 Å². The second-order valence-corrected chi connectivity index (χ2v) is 11.0. The van der Waals surface area contributed by atoms with Crippen molar-refractivity contribution in [3.8, 4) is 34.1 Å². The summed E-state index contributed by atoms with van der Waals surface area (Å²) in [7, 11) is -0.458. The summed E-state index contributed by atoms with van der Waals surface area (Å²) in [5.41, 5.74) is 7.72. The molecule has 1 N–H and O–H groups in total. The van der Waals surface area contributed by atoms with Crippen LogP contribution in [0, 0.1) is 0 Å². The van der Waals surface area contributed by atoms with Crippen molar-refractivity contribution in [1.29, 1.82) is 0 Å². The van der Waals surface area contributed by atoms with Crippen molar-refractivity contribution in [2.24, 2.45) is 0 Å². The van der Waals surface area contributed by atoms with Gasteiger partial charge in [0.1, 0.15) is 17.0 Å². The van der Waals surface area contributed by atoms with Crippen LogP contribution in [0.1, 0.15) is 0 Å². The minimum Gasteiger partial charge on any atom is -0.536 e. The van der Waals surface area contributed by atoms with Crippen molar-refractivity contribution in [2.45, 2.75) is 0 Å². The second-order valence-electron chi connectivity index (χ2n) is 11.0. The zero-order chi connectivity index (χ0) is 29.9. The number of benzene rings is 6. The van der Waals surface area contributed by atoms with Gasteiger partial charge in [-0.05, 0) is 52.2 Å². The van der Waals surface area contributed by atoms with Gasteiger partial charge in [0.05, 0.1) is 16.4 Å². The molecule has 6 aromatic carbocycles. The molecule has 0 aliphatic rings. The van der Waals surface area contributed by atoms with Crippen LogP contribution in [0.25, 0.3) is 83.0 Å². The van der Waals surface area contributed by atoms with Gasteiger partial charge in [0.2, 0.25) is 5.95 Å². The van der Waals surface area contributed by atoms with E-state index in [1.54, 1.807) is 6.07 Å². The Morgan fingerprint density at radius 1 is 0.600 bits per heavy atom. The quantitative estimate of drug-likeness (QED) is 0.206. The summed E-state index contributed by atoms with van der Waals surface area (Å²) in [5.74, 6) is 0.994. The van der Waals surface area contributed by atoms with Crippen molar-refractivity contribution in [3.63, 3.8) is 0 Å². The molecule has 9 aromatic rings. The van der Waals surface area contributed by atoms with E-state index in [9.17, 15) is 5.02 Å². The van der Waals surface area contributed by atoms with Crippen LogP contribution in [-0.2, 0) is 0 Å².